The van der Waals surface area contributed by atoms with Crippen LogP contribution in [0.3, 0.4) is 0 Å². The first-order valence-corrected chi connectivity index (χ1v) is 6.18. The van der Waals surface area contributed by atoms with Crippen molar-refractivity contribution in [2.75, 3.05) is 6.54 Å². The van der Waals surface area contributed by atoms with Crippen LogP contribution in [0.2, 0.25) is 0 Å². The van der Waals surface area contributed by atoms with Crippen molar-refractivity contribution in [2.45, 2.75) is 19.3 Å². The molecule has 0 radical (unpaired) electrons. The molecule has 0 spiro atoms. The molecular weight excluding hydrogens is 218 g/mol. The molecule has 0 saturated heterocycles. The highest BCUT2D eigenvalue weighted by Crippen LogP contribution is 2.22. The van der Waals surface area contributed by atoms with E-state index >= 15 is 0 Å². The molecule has 2 heterocycles. The minimum absolute atomic E-state index is 0.320. The van der Waals surface area contributed by atoms with Crippen molar-refractivity contribution >= 4 is 11.3 Å². The quantitative estimate of drug-likeness (QED) is 0.880. The molecule has 2 N–H and O–H groups in total. The number of aryl methyl sites for hydroxylation is 1. The van der Waals surface area contributed by atoms with Crippen LogP contribution < -0.4 is 5.73 Å². The van der Waals surface area contributed by atoms with Gasteiger partial charge in [0.25, 0.3) is 0 Å². The van der Waals surface area contributed by atoms with E-state index in [9.17, 15) is 0 Å². The number of nitrogens with two attached hydrogens (primary N) is 1. The molecule has 1 unspecified atom stereocenters. The topological polar surface area (TPSA) is 51.8 Å². The van der Waals surface area contributed by atoms with E-state index in [1.165, 1.54) is 5.56 Å². The molecule has 2 rings (SSSR count). The Morgan fingerprint density at radius 2 is 2.12 bits per heavy atom. The van der Waals surface area contributed by atoms with E-state index in [1.54, 1.807) is 11.3 Å². The van der Waals surface area contributed by atoms with Crippen molar-refractivity contribution < 1.29 is 0 Å². The molecule has 0 aromatic carbocycles. The molecular formula is C12H15N3S. The highest BCUT2D eigenvalue weighted by Gasteiger charge is 2.13. The summed E-state index contributed by atoms with van der Waals surface area (Å²) in [7, 11) is 0. The van der Waals surface area contributed by atoms with Crippen LogP contribution in [0.25, 0.3) is 0 Å². The zero-order valence-electron chi connectivity index (χ0n) is 9.26. The van der Waals surface area contributed by atoms with Gasteiger partial charge in [-0.2, -0.15) is 0 Å². The molecule has 0 aliphatic carbocycles. The van der Waals surface area contributed by atoms with E-state index in [0.717, 1.165) is 17.1 Å². The van der Waals surface area contributed by atoms with Gasteiger partial charge in [-0.1, -0.05) is 0 Å². The van der Waals surface area contributed by atoms with Crippen molar-refractivity contribution in [1.29, 1.82) is 0 Å². The third-order valence-corrected chi connectivity index (χ3v) is 3.63. The monoisotopic (exact) mass is 233 g/mol. The maximum Gasteiger partial charge on any atom is 0.0975 e. The summed E-state index contributed by atoms with van der Waals surface area (Å²) in [6, 6.07) is 4.06. The van der Waals surface area contributed by atoms with Crippen LogP contribution in [-0.4, -0.2) is 16.5 Å². The van der Waals surface area contributed by atoms with Gasteiger partial charge in [-0.15, -0.1) is 11.3 Å². The summed E-state index contributed by atoms with van der Waals surface area (Å²) in [5.74, 6) is 0.320. The zero-order valence-corrected chi connectivity index (χ0v) is 10.1. The van der Waals surface area contributed by atoms with E-state index < -0.39 is 0 Å². The number of thiazole rings is 1. The van der Waals surface area contributed by atoms with Gasteiger partial charge in [0.2, 0.25) is 0 Å². The molecule has 0 fully saturated rings. The lowest BCUT2D eigenvalue weighted by atomic mass is 10.0. The van der Waals surface area contributed by atoms with Crippen molar-refractivity contribution in [1.82, 2.24) is 9.97 Å². The van der Waals surface area contributed by atoms with E-state index in [4.69, 9.17) is 5.73 Å². The Morgan fingerprint density at radius 1 is 1.38 bits per heavy atom. The normalized spacial score (nSPS) is 12.6. The Hall–Kier alpha value is -1.26. The second-order valence-corrected chi connectivity index (χ2v) is 4.71. The number of pyridine rings is 1. The summed E-state index contributed by atoms with van der Waals surface area (Å²) in [5.41, 5.74) is 8.15. The van der Waals surface area contributed by atoms with Gasteiger partial charge in [0.15, 0.2) is 0 Å². The lowest BCUT2D eigenvalue weighted by Gasteiger charge is -2.11. The molecule has 2 aromatic heterocycles. The second-order valence-electron chi connectivity index (χ2n) is 3.82. The smallest absolute Gasteiger partial charge is 0.0975 e. The van der Waals surface area contributed by atoms with Gasteiger partial charge in [-0.25, -0.2) is 4.98 Å². The summed E-state index contributed by atoms with van der Waals surface area (Å²) >= 11 is 1.69. The van der Waals surface area contributed by atoms with Gasteiger partial charge in [-0.3, -0.25) is 4.98 Å². The second kappa shape index (κ2) is 5.18. The van der Waals surface area contributed by atoms with Gasteiger partial charge in [0, 0.05) is 35.9 Å². The first-order valence-electron chi connectivity index (χ1n) is 5.30. The van der Waals surface area contributed by atoms with Crippen LogP contribution in [0.15, 0.2) is 29.9 Å². The first-order chi connectivity index (χ1) is 7.79. The van der Waals surface area contributed by atoms with Crippen molar-refractivity contribution in [2.24, 2.45) is 5.73 Å². The van der Waals surface area contributed by atoms with Gasteiger partial charge < -0.3 is 5.73 Å². The van der Waals surface area contributed by atoms with E-state index in [0.29, 0.717) is 12.5 Å². The average molecular weight is 233 g/mol. The molecule has 3 nitrogen and oxygen atoms in total. The summed E-state index contributed by atoms with van der Waals surface area (Å²) in [4.78, 5) is 8.51. The predicted molar refractivity (Wildman–Crippen MR) is 66.6 cm³/mol. The highest BCUT2D eigenvalue weighted by atomic mass is 32.1. The number of nitrogens with zero attached hydrogens (tertiary/aromatic N) is 2. The molecule has 4 heteroatoms. The number of rotatable bonds is 4. The minimum Gasteiger partial charge on any atom is -0.330 e. The predicted octanol–water partition coefficient (Wildman–Crippen LogP) is 2.13. The average Bonchev–Trinajstić information content (AvgIpc) is 2.74. The number of hydrogen-bond donors (Lipinski definition) is 1. The third-order valence-electron chi connectivity index (χ3n) is 2.50. The van der Waals surface area contributed by atoms with Crippen molar-refractivity contribution in [3.8, 4) is 0 Å². The van der Waals surface area contributed by atoms with Crippen LogP contribution in [-0.2, 0) is 6.42 Å². The molecule has 0 aliphatic rings. The lowest BCUT2D eigenvalue weighted by Crippen LogP contribution is -2.14. The standard InChI is InChI=1S/C12H15N3S/c1-9-8-16-12(15-9)11(7-13)6-10-2-4-14-5-3-10/h2-5,8,11H,6-7,13H2,1H3. The van der Waals surface area contributed by atoms with Crippen LogP contribution >= 0.6 is 11.3 Å². The SMILES string of the molecule is Cc1csc(C(CN)Cc2ccncc2)n1. The third kappa shape index (κ3) is 2.65. The summed E-state index contributed by atoms with van der Waals surface area (Å²) in [6.45, 7) is 2.65. The van der Waals surface area contributed by atoms with E-state index in [1.807, 2.05) is 31.5 Å². The van der Waals surface area contributed by atoms with Gasteiger partial charge >= 0.3 is 0 Å². The molecule has 16 heavy (non-hydrogen) atoms. The first kappa shape index (κ1) is 11.2. The van der Waals surface area contributed by atoms with Gasteiger partial charge in [-0.05, 0) is 31.0 Å². The summed E-state index contributed by atoms with van der Waals surface area (Å²) in [6.07, 6.45) is 4.57. The van der Waals surface area contributed by atoms with Gasteiger partial charge in [0.05, 0.1) is 5.01 Å². The van der Waals surface area contributed by atoms with Crippen LogP contribution in [0.1, 0.15) is 22.2 Å². The van der Waals surface area contributed by atoms with Crippen LogP contribution in [0.4, 0.5) is 0 Å². The van der Waals surface area contributed by atoms with E-state index in [-0.39, 0.29) is 0 Å². The fraction of sp³-hybridized carbons (Fsp3) is 0.333. The Kier molecular flexibility index (Phi) is 3.64. The minimum atomic E-state index is 0.320. The van der Waals surface area contributed by atoms with Crippen LogP contribution in [0.5, 0.6) is 0 Å². The molecule has 84 valence electrons. The molecule has 1 atom stereocenters. The molecule has 0 saturated carbocycles. The Labute approximate surface area is 99.4 Å². The maximum absolute atomic E-state index is 5.81. The largest absolute Gasteiger partial charge is 0.330 e. The number of aromatic nitrogens is 2. The highest BCUT2D eigenvalue weighted by molar-refractivity contribution is 7.09. The molecule has 0 bridgehead atoms. The fourth-order valence-corrected chi connectivity index (χ4v) is 2.55. The lowest BCUT2D eigenvalue weighted by molar-refractivity contribution is 0.686. The van der Waals surface area contributed by atoms with Crippen molar-refractivity contribution in [3.05, 3.63) is 46.2 Å². The molecule has 0 aliphatic heterocycles. The van der Waals surface area contributed by atoms with Gasteiger partial charge in [0.1, 0.15) is 0 Å². The number of hydrogen-bond acceptors (Lipinski definition) is 4. The van der Waals surface area contributed by atoms with Crippen molar-refractivity contribution in [3.63, 3.8) is 0 Å². The zero-order chi connectivity index (χ0) is 11.4. The Balaban J connectivity index is 2.12. The maximum atomic E-state index is 5.81. The molecule has 2 aromatic rings. The summed E-state index contributed by atoms with van der Waals surface area (Å²) < 4.78 is 0. The Bertz CT molecular complexity index is 439. The van der Waals surface area contributed by atoms with Crippen LogP contribution in [0, 0.1) is 6.92 Å². The molecule has 0 amide bonds. The summed E-state index contributed by atoms with van der Waals surface area (Å²) in [5, 5.41) is 3.21. The van der Waals surface area contributed by atoms with E-state index in [2.05, 4.69) is 15.3 Å². The fourth-order valence-electron chi connectivity index (χ4n) is 1.63. The Morgan fingerprint density at radius 3 is 2.69 bits per heavy atom.